The van der Waals surface area contributed by atoms with Crippen LogP contribution in [0, 0.1) is 0 Å². The first kappa shape index (κ1) is 16.9. The number of benzene rings is 1. The predicted molar refractivity (Wildman–Crippen MR) is 112 cm³/mol. The molecule has 4 aromatic rings. The van der Waals surface area contributed by atoms with E-state index in [1.54, 1.807) is 0 Å². The molecule has 0 unspecified atom stereocenters. The zero-order valence-corrected chi connectivity index (χ0v) is 16.3. The van der Waals surface area contributed by atoms with Gasteiger partial charge in [-0.3, -0.25) is 4.68 Å². The first-order valence-corrected chi connectivity index (χ1v) is 10.5. The summed E-state index contributed by atoms with van der Waals surface area (Å²) in [7, 11) is 0. The smallest absolute Gasteiger partial charge is 0.226 e. The number of aromatic nitrogens is 6. The number of nitrogens with zero attached hydrogens (tertiary/aromatic N) is 6. The zero-order chi connectivity index (χ0) is 19.2. The molecule has 1 aromatic carbocycles. The number of hydrogen-bond donors (Lipinski definition) is 2. The van der Waals surface area contributed by atoms with Gasteiger partial charge in [0, 0.05) is 24.2 Å². The summed E-state index contributed by atoms with van der Waals surface area (Å²) in [6.07, 6.45) is 9.89. The van der Waals surface area contributed by atoms with Crippen molar-refractivity contribution in [3.63, 3.8) is 0 Å². The van der Waals surface area contributed by atoms with Gasteiger partial charge in [0.25, 0.3) is 0 Å². The van der Waals surface area contributed by atoms with Crippen LogP contribution in [-0.2, 0) is 0 Å². The molecule has 0 amide bonds. The fourth-order valence-corrected chi connectivity index (χ4v) is 4.09. The van der Waals surface area contributed by atoms with Crippen molar-refractivity contribution in [2.45, 2.75) is 44.2 Å². The maximum absolute atomic E-state index is 4.88. The van der Waals surface area contributed by atoms with Crippen molar-refractivity contribution in [1.29, 1.82) is 0 Å². The highest BCUT2D eigenvalue weighted by molar-refractivity contribution is 5.92. The van der Waals surface area contributed by atoms with Crippen LogP contribution in [0.3, 0.4) is 0 Å². The number of para-hydroxylation sites is 1. The van der Waals surface area contributed by atoms with E-state index in [-0.39, 0.29) is 0 Å². The summed E-state index contributed by atoms with van der Waals surface area (Å²) >= 11 is 0. The van der Waals surface area contributed by atoms with Crippen LogP contribution >= 0.6 is 0 Å². The first-order valence-electron chi connectivity index (χ1n) is 10.5. The topological polar surface area (TPSA) is 85.0 Å². The Kier molecular flexibility index (Phi) is 3.97. The average Bonchev–Trinajstić information content (AvgIpc) is 3.39. The molecule has 0 radical (unpaired) electrons. The molecule has 0 bridgehead atoms. The molecule has 148 valence electrons. The summed E-state index contributed by atoms with van der Waals surface area (Å²) < 4.78 is 3.89. The van der Waals surface area contributed by atoms with E-state index in [4.69, 9.17) is 15.1 Å². The monoisotopic (exact) mass is 388 g/mol. The molecule has 8 nitrogen and oxygen atoms in total. The standard InChI is InChI=1S/C21H24N8/c1-2-7-18-17(6-1)20-26-19(14-11-23-28(13-14)16-8-9-16)27-29(20)21(25-18)24-15-5-3-4-10-22-12-15/h1-2,6-7,11,13,15-16,22H,3-5,8-10,12H2,(H,24,25)/t15-/m1/s1. The lowest BCUT2D eigenvalue weighted by atomic mass is 10.1. The molecule has 1 aliphatic heterocycles. The van der Waals surface area contributed by atoms with E-state index >= 15 is 0 Å². The van der Waals surface area contributed by atoms with Gasteiger partial charge in [-0.25, -0.2) is 9.97 Å². The van der Waals surface area contributed by atoms with Gasteiger partial charge in [-0.1, -0.05) is 18.6 Å². The molecular weight excluding hydrogens is 364 g/mol. The summed E-state index contributed by atoms with van der Waals surface area (Å²) in [6.45, 7) is 2.02. The van der Waals surface area contributed by atoms with Crippen LogP contribution in [0.4, 0.5) is 5.95 Å². The molecule has 29 heavy (non-hydrogen) atoms. The van der Waals surface area contributed by atoms with Crippen LogP contribution in [0.25, 0.3) is 27.9 Å². The minimum atomic E-state index is 0.333. The fourth-order valence-electron chi connectivity index (χ4n) is 4.09. The quantitative estimate of drug-likeness (QED) is 0.559. The van der Waals surface area contributed by atoms with Gasteiger partial charge in [-0.2, -0.15) is 9.61 Å². The van der Waals surface area contributed by atoms with Gasteiger partial charge in [-0.05, 0) is 44.4 Å². The van der Waals surface area contributed by atoms with Crippen molar-refractivity contribution in [1.82, 2.24) is 34.7 Å². The van der Waals surface area contributed by atoms with E-state index in [1.165, 1.54) is 25.7 Å². The first-order chi connectivity index (χ1) is 14.3. The van der Waals surface area contributed by atoms with E-state index < -0.39 is 0 Å². The molecule has 1 saturated heterocycles. The average molecular weight is 388 g/mol. The van der Waals surface area contributed by atoms with Crippen molar-refractivity contribution in [2.75, 3.05) is 18.4 Å². The Morgan fingerprint density at radius 2 is 2.00 bits per heavy atom. The van der Waals surface area contributed by atoms with Crippen molar-refractivity contribution in [3.8, 4) is 11.4 Å². The Bertz CT molecular complexity index is 1160. The zero-order valence-electron chi connectivity index (χ0n) is 16.3. The molecule has 2 N–H and O–H groups in total. The molecule has 4 heterocycles. The van der Waals surface area contributed by atoms with Crippen LogP contribution in [0.5, 0.6) is 0 Å². The molecule has 0 spiro atoms. The van der Waals surface area contributed by atoms with Crippen molar-refractivity contribution >= 4 is 22.5 Å². The third-order valence-electron chi connectivity index (χ3n) is 5.84. The second-order valence-electron chi connectivity index (χ2n) is 8.10. The summed E-state index contributed by atoms with van der Waals surface area (Å²) in [6, 6.07) is 9.00. The summed E-state index contributed by atoms with van der Waals surface area (Å²) in [5.74, 6) is 1.44. The highest BCUT2D eigenvalue weighted by atomic mass is 15.4. The van der Waals surface area contributed by atoms with Gasteiger partial charge in [0.1, 0.15) is 0 Å². The van der Waals surface area contributed by atoms with Crippen molar-refractivity contribution in [3.05, 3.63) is 36.7 Å². The Morgan fingerprint density at radius 1 is 1.07 bits per heavy atom. The van der Waals surface area contributed by atoms with Gasteiger partial charge in [0.2, 0.25) is 5.95 Å². The van der Waals surface area contributed by atoms with Gasteiger partial charge >= 0.3 is 0 Å². The maximum atomic E-state index is 4.88. The molecule has 1 atom stereocenters. The highest BCUT2D eigenvalue weighted by Crippen LogP contribution is 2.35. The Balaban J connectivity index is 1.45. The van der Waals surface area contributed by atoms with Gasteiger partial charge in [0.15, 0.2) is 11.5 Å². The second kappa shape index (κ2) is 6.81. The van der Waals surface area contributed by atoms with Crippen LogP contribution in [0.15, 0.2) is 36.7 Å². The Labute approximate surface area is 168 Å². The second-order valence-corrected chi connectivity index (χ2v) is 8.10. The summed E-state index contributed by atoms with van der Waals surface area (Å²) in [5, 5.41) is 17.5. The predicted octanol–water partition coefficient (Wildman–Crippen LogP) is 3.03. The number of hydrogen-bond acceptors (Lipinski definition) is 6. The number of fused-ring (bicyclic) bond motifs is 3. The number of nitrogens with one attached hydrogen (secondary N) is 2. The van der Waals surface area contributed by atoms with Crippen LogP contribution in [0.1, 0.15) is 38.1 Å². The van der Waals surface area contributed by atoms with Crippen LogP contribution in [0.2, 0.25) is 0 Å². The molecule has 2 aliphatic rings. The number of anilines is 1. The van der Waals surface area contributed by atoms with E-state index in [9.17, 15) is 0 Å². The Hall–Kier alpha value is -3.00. The van der Waals surface area contributed by atoms with Crippen LogP contribution in [-0.4, -0.2) is 48.5 Å². The molecular formula is C21H24N8. The minimum absolute atomic E-state index is 0.333. The third kappa shape index (κ3) is 3.13. The molecule has 1 saturated carbocycles. The lowest BCUT2D eigenvalue weighted by Crippen LogP contribution is -2.32. The maximum Gasteiger partial charge on any atom is 0.226 e. The molecule has 2 fully saturated rings. The molecule has 8 heteroatoms. The van der Waals surface area contributed by atoms with E-state index in [2.05, 4.69) is 28.0 Å². The largest absolute Gasteiger partial charge is 0.350 e. The van der Waals surface area contributed by atoms with Gasteiger partial charge in [-0.15, -0.1) is 5.10 Å². The van der Waals surface area contributed by atoms with Crippen molar-refractivity contribution < 1.29 is 0 Å². The van der Waals surface area contributed by atoms with E-state index in [1.807, 2.05) is 33.6 Å². The molecule has 3 aromatic heterocycles. The molecule has 6 rings (SSSR count). The molecule has 1 aliphatic carbocycles. The SMILES string of the molecule is c1ccc2c(c1)nc(N[C@@H]1CCCCNC1)n1nc(-c3cnn(C4CC4)c3)nc21. The lowest BCUT2D eigenvalue weighted by molar-refractivity contribution is 0.628. The van der Waals surface area contributed by atoms with Crippen LogP contribution < -0.4 is 10.6 Å². The Morgan fingerprint density at radius 3 is 2.93 bits per heavy atom. The lowest BCUT2D eigenvalue weighted by Gasteiger charge is -2.17. The minimum Gasteiger partial charge on any atom is -0.350 e. The highest BCUT2D eigenvalue weighted by Gasteiger charge is 2.25. The van der Waals surface area contributed by atoms with E-state index in [0.29, 0.717) is 17.9 Å². The third-order valence-corrected chi connectivity index (χ3v) is 5.84. The van der Waals surface area contributed by atoms with Crippen molar-refractivity contribution in [2.24, 2.45) is 0 Å². The van der Waals surface area contributed by atoms with E-state index in [0.717, 1.165) is 47.6 Å². The van der Waals surface area contributed by atoms with Gasteiger partial charge < -0.3 is 10.6 Å². The normalized spacial score (nSPS) is 20.2. The number of rotatable bonds is 4. The summed E-state index contributed by atoms with van der Waals surface area (Å²) in [4.78, 5) is 9.76. The van der Waals surface area contributed by atoms with Gasteiger partial charge in [0.05, 0.1) is 23.3 Å². The fraction of sp³-hybridized carbons (Fsp3) is 0.429. The summed E-state index contributed by atoms with van der Waals surface area (Å²) in [5.41, 5.74) is 2.71.